The van der Waals surface area contributed by atoms with Crippen LogP contribution >= 0.6 is 49.9 Å². The predicted molar refractivity (Wildman–Crippen MR) is 461 cm³/mol. The van der Waals surface area contributed by atoms with E-state index in [4.69, 9.17) is 6.57 Å². The maximum atomic E-state index is 13.9. The molecule has 5 aliphatic rings. The number of hydrogen-bond donors (Lipinski definition) is 4. The molecule has 5 aliphatic heterocycles. The second-order valence-electron chi connectivity index (χ2n) is 33.0. The Morgan fingerprint density at radius 3 is 1.27 bits per heavy atom. The molecule has 3 aromatic heterocycles. The van der Waals surface area contributed by atoms with E-state index >= 15 is 0 Å². The van der Waals surface area contributed by atoms with Gasteiger partial charge in [-0.2, -0.15) is 0 Å². The lowest BCUT2D eigenvalue weighted by atomic mass is 9.85. The topological polar surface area (TPSA) is 286 Å². The third-order valence-corrected chi connectivity index (χ3v) is 26.1. The number of hydrogen-bond acceptors (Lipinski definition) is 18. The minimum atomic E-state index is -0.822. The fraction of sp³-hybridized carbons (Fsp3) is 0.402. The first-order chi connectivity index (χ1) is 56.3. The van der Waals surface area contributed by atoms with Gasteiger partial charge in [-0.05, 0) is 132 Å². The molecule has 9 atom stereocenters. The van der Waals surface area contributed by atoms with Gasteiger partial charge < -0.3 is 45.1 Å². The number of aliphatic hydroxyl groups excluding tert-OH is 3. The minimum absolute atomic E-state index is 0.0650. The fourth-order valence-electron chi connectivity index (χ4n) is 16.4. The molecule has 6 amide bonds. The molecule has 0 radical (unpaired) electrons. The SMILES string of the molecule is Cc1ncsc1-c1ccc(CCC(=O)[C@@H]2C[C@@H](O)CN2C(=O)[C@@H](NC(=O)Cc2ccccc2)C(C)(C)C)cc1.Cc1ncsc1-c1ccc(CCC(=O)[C@@H]2C[C@@H](O)CN2C(=O)[C@H](C(C)C)N2Cc3cc(Br)ccc3C2=O)cc1.[C-]#[N+]c1ccc2c(c1)C(=O)N([C@H](C(=O)N1C[C@H](O)C[C@H]1C(=O)CCc1ccc(-c3scnc3C)cc1)C(C)C)C2. The van der Waals surface area contributed by atoms with Gasteiger partial charge in [0.1, 0.15) is 18.1 Å². The largest absolute Gasteiger partial charge is 0.391 e. The summed E-state index contributed by atoms with van der Waals surface area (Å²) in [6.07, 6.45) is 0.883. The number of nitrogens with zero attached hydrogens (tertiary/aromatic N) is 9. The Morgan fingerprint density at radius 1 is 0.508 bits per heavy atom. The number of thiazole rings is 3. The maximum Gasteiger partial charge on any atom is 0.255 e. The van der Waals surface area contributed by atoms with Crippen LogP contribution in [0.25, 0.3) is 36.2 Å². The zero-order valence-electron chi connectivity index (χ0n) is 68.1. The van der Waals surface area contributed by atoms with Crippen molar-refractivity contribution >= 4 is 108 Å². The van der Waals surface area contributed by atoms with Gasteiger partial charge in [0.05, 0.1) is 97.7 Å². The highest BCUT2D eigenvalue weighted by Gasteiger charge is 2.49. The molecule has 6 aromatic carbocycles. The van der Waals surface area contributed by atoms with Crippen molar-refractivity contribution in [1.29, 1.82) is 0 Å². The number of benzene rings is 6. The molecule has 0 spiro atoms. The van der Waals surface area contributed by atoms with Crippen LogP contribution in [-0.4, -0.2) is 182 Å². The van der Waals surface area contributed by atoms with Crippen molar-refractivity contribution in [3.8, 4) is 31.3 Å². The van der Waals surface area contributed by atoms with Gasteiger partial charge in [0.2, 0.25) is 23.6 Å². The summed E-state index contributed by atoms with van der Waals surface area (Å²) in [5.74, 6) is -2.24. The van der Waals surface area contributed by atoms with Gasteiger partial charge in [-0.1, -0.05) is 180 Å². The number of ketones is 3. The van der Waals surface area contributed by atoms with Crippen molar-refractivity contribution < 1.29 is 58.5 Å². The molecular formula is C92H101BrN10O12S3. The van der Waals surface area contributed by atoms with E-state index in [1.54, 1.807) is 68.1 Å². The zero-order valence-corrected chi connectivity index (χ0v) is 72.1. The minimum Gasteiger partial charge on any atom is -0.391 e. The van der Waals surface area contributed by atoms with E-state index in [1.807, 2.05) is 201 Å². The first-order valence-electron chi connectivity index (χ1n) is 40.1. The van der Waals surface area contributed by atoms with Crippen LogP contribution in [0.1, 0.15) is 158 Å². The first-order valence-corrected chi connectivity index (χ1v) is 43.5. The summed E-state index contributed by atoms with van der Waals surface area (Å²) < 4.78 is 0.880. The zero-order chi connectivity index (χ0) is 84.6. The van der Waals surface area contributed by atoms with Crippen molar-refractivity contribution in [3.63, 3.8) is 0 Å². The van der Waals surface area contributed by atoms with Gasteiger partial charge in [-0.15, -0.1) is 34.0 Å². The third-order valence-electron chi connectivity index (χ3n) is 22.7. The van der Waals surface area contributed by atoms with Gasteiger partial charge in [-0.3, -0.25) is 43.2 Å². The fourth-order valence-corrected chi connectivity index (χ4v) is 19.3. The number of carbonyl (C=O) groups excluding carboxylic acids is 9. The number of amides is 6. The quantitative estimate of drug-likeness (QED) is 0.0387. The van der Waals surface area contributed by atoms with Crippen LogP contribution in [0, 0.1) is 44.6 Å². The Bertz CT molecular complexity index is 5210. The van der Waals surface area contributed by atoms with Crippen molar-refractivity contribution in [2.45, 2.75) is 201 Å². The molecule has 0 aliphatic carbocycles. The highest BCUT2D eigenvalue weighted by Crippen LogP contribution is 2.38. The summed E-state index contributed by atoms with van der Waals surface area (Å²) in [6, 6.07) is 39.8. The molecule has 9 aromatic rings. The lowest BCUT2D eigenvalue weighted by Crippen LogP contribution is -2.57. The Morgan fingerprint density at radius 2 is 0.898 bits per heavy atom. The number of rotatable bonds is 25. The van der Waals surface area contributed by atoms with Crippen LogP contribution < -0.4 is 5.32 Å². The average Bonchev–Trinajstić information content (AvgIpc) is 1.54. The van der Waals surface area contributed by atoms with E-state index in [1.165, 1.54) is 14.7 Å². The van der Waals surface area contributed by atoms with E-state index in [0.717, 1.165) is 86.3 Å². The van der Waals surface area contributed by atoms with Crippen LogP contribution in [0.5, 0.6) is 0 Å². The van der Waals surface area contributed by atoms with Crippen LogP contribution in [0.15, 0.2) is 161 Å². The number of Topliss-reactive ketones (excluding diaryl/α,β-unsaturated/α-hetero) is 3. The van der Waals surface area contributed by atoms with Crippen LogP contribution in [0.2, 0.25) is 0 Å². The number of aryl methyl sites for hydroxylation is 6. The van der Waals surface area contributed by atoms with Crippen molar-refractivity contribution in [3.05, 3.63) is 234 Å². The van der Waals surface area contributed by atoms with E-state index in [-0.39, 0.29) is 136 Å². The Balaban J connectivity index is 0.000000163. The number of carbonyl (C=O) groups is 9. The highest BCUT2D eigenvalue weighted by atomic mass is 79.9. The summed E-state index contributed by atoms with van der Waals surface area (Å²) in [4.78, 5) is 148. The van der Waals surface area contributed by atoms with Gasteiger partial charge in [0.15, 0.2) is 23.0 Å². The second kappa shape index (κ2) is 38.3. The molecule has 14 rings (SSSR count). The summed E-state index contributed by atoms with van der Waals surface area (Å²) >= 11 is 8.26. The lowest BCUT2D eigenvalue weighted by Gasteiger charge is -2.35. The van der Waals surface area contributed by atoms with Crippen molar-refractivity contribution in [2.24, 2.45) is 17.3 Å². The molecule has 8 heterocycles. The van der Waals surface area contributed by atoms with Crippen LogP contribution in [0.3, 0.4) is 0 Å². The van der Waals surface area contributed by atoms with Gasteiger partial charge in [0.25, 0.3) is 11.8 Å². The number of aromatic nitrogens is 3. The monoisotopic (exact) mass is 1710 g/mol. The molecule has 3 fully saturated rings. The number of nitrogens with one attached hydrogen (secondary N) is 1. The smallest absolute Gasteiger partial charge is 0.255 e. The molecule has 26 heteroatoms. The molecule has 616 valence electrons. The highest BCUT2D eigenvalue weighted by molar-refractivity contribution is 9.10. The molecule has 118 heavy (non-hydrogen) atoms. The lowest BCUT2D eigenvalue weighted by molar-refractivity contribution is -0.143. The summed E-state index contributed by atoms with van der Waals surface area (Å²) in [5, 5.41) is 34.3. The Labute approximate surface area is 709 Å². The summed E-state index contributed by atoms with van der Waals surface area (Å²) in [5.41, 5.74) is 18.2. The van der Waals surface area contributed by atoms with Gasteiger partial charge in [0, 0.05) is 86.8 Å². The molecule has 3 saturated heterocycles. The molecule has 0 unspecified atom stereocenters. The number of halogens is 1. The number of aliphatic hydroxyl groups is 3. The van der Waals surface area contributed by atoms with Gasteiger partial charge >= 0.3 is 0 Å². The van der Waals surface area contributed by atoms with E-state index in [9.17, 15) is 58.5 Å². The standard InChI is InChI=1S/C31H32N4O4S.C31H37N3O4S.C30H32BrN3O4S/c1-18(2)28(35-15-22-10-11-23(32-4)13-25(22)30(35)38)31(39)34-16-24(36)14-26(34)27(37)12-7-20-5-8-21(9-6-20)29-19(3)33-17-40-29;1-20-28(39-19-32-20)23-13-10-21(11-14-23)12-15-26(36)25-17-24(35)18-34(25)30(38)29(31(2,3)4)33-27(37)16-22-8-6-5-7-9-22;1-17(2)27(34-14-21-12-22(31)9-10-24(21)29(34)37)30(38)33-15-23(35)13-25(33)26(36)11-6-19-4-7-20(8-5-19)28-18(3)32-16-39-28/h5-6,8-11,13,17-18,24,26,28,36H,7,12,14-16H2,1-3H3;5-11,13-14,19,24-25,29,35H,12,15-18H2,1-4H3,(H,33,37);4-5,7-10,12,16-17,23,25,27,35H,6,11,13-15H2,1-3H3/t24-,26+,28+;24-,25+,29-;23-,25+,27+/m111/s1. The van der Waals surface area contributed by atoms with Crippen molar-refractivity contribution in [1.82, 2.24) is 44.8 Å². The molecular weight excluding hydrogens is 1610 g/mol. The summed E-state index contributed by atoms with van der Waals surface area (Å²) in [7, 11) is 0. The number of β-amino-alcohol motifs (C(OH)–C–C–N with tert-alkyl or cyclic N) is 3. The Kier molecular flexibility index (Phi) is 28.3. The Hall–Kier alpha value is -10.1. The predicted octanol–water partition coefficient (Wildman–Crippen LogP) is 14.2. The van der Waals surface area contributed by atoms with Crippen molar-refractivity contribution in [2.75, 3.05) is 19.6 Å². The third kappa shape index (κ3) is 20.4. The number of fused-ring (bicyclic) bond motifs is 2. The maximum absolute atomic E-state index is 13.9. The molecule has 0 saturated carbocycles. The first kappa shape index (κ1) is 87.2. The number of likely N-dealkylation sites (tertiary alicyclic amines) is 3. The van der Waals surface area contributed by atoms with E-state index < -0.39 is 60.0 Å². The molecule has 22 nitrogen and oxygen atoms in total. The van der Waals surface area contributed by atoms with Crippen LogP contribution in [0.4, 0.5) is 5.69 Å². The molecule has 0 bridgehead atoms. The summed E-state index contributed by atoms with van der Waals surface area (Å²) in [6.45, 7) is 27.3. The van der Waals surface area contributed by atoms with Crippen LogP contribution in [-0.2, 0) is 72.3 Å². The normalized spacial score (nSPS) is 19.0. The van der Waals surface area contributed by atoms with E-state index in [2.05, 4.69) is 41.0 Å². The van der Waals surface area contributed by atoms with Gasteiger partial charge in [-0.25, -0.2) is 19.8 Å². The average molecular weight is 1710 g/mol. The van der Waals surface area contributed by atoms with E-state index in [0.29, 0.717) is 42.6 Å². The second-order valence-corrected chi connectivity index (χ2v) is 36.5. The molecule has 4 N–H and O–H groups in total.